The summed E-state index contributed by atoms with van der Waals surface area (Å²) in [5, 5.41) is 4.56. The maximum absolute atomic E-state index is 12.4. The van der Waals surface area contributed by atoms with Gasteiger partial charge in [-0.1, -0.05) is 24.3 Å². The van der Waals surface area contributed by atoms with Crippen LogP contribution in [0.15, 0.2) is 53.4 Å². The summed E-state index contributed by atoms with van der Waals surface area (Å²) in [6.45, 7) is 7.18. The van der Waals surface area contributed by atoms with E-state index in [1.165, 1.54) is 11.1 Å². The van der Waals surface area contributed by atoms with Crippen molar-refractivity contribution in [2.75, 3.05) is 58.3 Å². The number of nitrogens with one attached hydrogen (secondary N) is 1. The minimum absolute atomic E-state index is 0.0306. The Morgan fingerprint density at radius 3 is 2.49 bits per heavy atom. The Bertz CT molecular complexity index is 1460. The van der Waals surface area contributed by atoms with Crippen LogP contribution in [-0.4, -0.2) is 83.8 Å². The van der Waals surface area contributed by atoms with Crippen molar-refractivity contribution in [1.29, 1.82) is 0 Å². The lowest BCUT2D eigenvalue weighted by Crippen LogP contribution is -2.58. The van der Waals surface area contributed by atoms with E-state index < -0.39 is 9.84 Å². The molecule has 4 aliphatic rings. The molecule has 2 aromatic carbocycles. The molecule has 6 rings (SSSR count). The average molecular weight is 605 g/mol. The SMILES string of the molecule is C#CS(=O)(=O)c1ccc(N2CC(CN3CCC(C4([C@H]5CCC[C@@H]5OC(=O)NC)CN(C)Cc5ccccc54)CC3)C2)cc1. The zero-order chi connectivity index (χ0) is 30.2. The molecule has 1 aliphatic carbocycles. The van der Waals surface area contributed by atoms with E-state index in [2.05, 4.69) is 51.3 Å². The molecule has 1 amide bonds. The van der Waals surface area contributed by atoms with Crippen LogP contribution in [0.2, 0.25) is 0 Å². The van der Waals surface area contributed by atoms with Crippen molar-refractivity contribution < 1.29 is 17.9 Å². The number of hydrogen-bond acceptors (Lipinski definition) is 7. The van der Waals surface area contributed by atoms with E-state index in [9.17, 15) is 13.2 Å². The Morgan fingerprint density at radius 1 is 1.07 bits per heavy atom. The van der Waals surface area contributed by atoms with Crippen molar-refractivity contribution in [1.82, 2.24) is 15.1 Å². The first kappa shape index (κ1) is 30.0. The molecule has 0 spiro atoms. The van der Waals surface area contributed by atoms with Crippen molar-refractivity contribution in [2.45, 2.75) is 55.1 Å². The van der Waals surface area contributed by atoms with E-state index >= 15 is 0 Å². The molecule has 3 fully saturated rings. The van der Waals surface area contributed by atoms with Crippen LogP contribution in [0.1, 0.15) is 43.2 Å². The second-order valence-electron chi connectivity index (χ2n) is 13.1. The standard InChI is InChI=1S/C34H44N4O4S/c1-4-43(40,41)29-14-12-28(13-15-29)38-21-25(22-38)20-37-18-16-27(17-19-37)34(31-10-7-11-32(31)42-33(39)35-2)24-36(3)23-26-8-5-6-9-30(26)34/h1,5-6,8-9,12-15,25,27,31-32H,7,10-11,16-24H2,2-3H3,(H,35,39)/t31-,32-,34?/m0/s1. The van der Waals surface area contributed by atoms with Gasteiger partial charge in [0.2, 0.25) is 9.84 Å². The zero-order valence-corrected chi connectivity index (χ0v) is 26.2. The van der Waals surface area contributed by atoms with Crippen LogP contribution in [0, 0.1) is 29.4 Å². The van der Waals surface area contributed by atoms with Gasteiger partial charge in [-0.05, 0) is 93.6 Å². The smallest absolute Gasteiger partial charge is 0.407 e. The van der Waals surface area contributed by atoms with Crippen LogP contribution < -0.4 is 10.2 Å². The van der Waals surface area contributed by atoms with Crippen molar-refractivity contribution in [2.24, 2.45) is 17.8 Å². The van der Waals surface area contributed by atoms with Gasteiger partial charge in [-0.3, -0.25) is 0 Å². The van der Waals surface area contributed by atoms with Gasteiger partial charge in [0, 0.05) is 68.0 Å². The number of hydrogen-bond donors (Lipinski definition) is 1. The first-order valence-corrected chi connectivity index (χ1v) is 17.2. The van der Waals surface area contributed by atoms with Gasteiger partial charge in [-0.2, -0.15) is 0 Å². The number of terminal acetylenes is 1. The molecule has 8 nitrogen and oxygen atoms in total. The molecule has 9 heteroatoms. The molecule has 1 N–H and O–H groups in total. The van der Waals surface area contributed by atoms with Gasteiger partial charge < -0.3 is 24.8 Å². The first-order chi connectivity index (χ1) is 20.7. The van der Waals surface area contributed by atoms with Gasteiger partial charge in [-0.25, -0.2) is 13.2 Å². The normalized spacial score (nSPS) is 27.2. The number of ether oxygens (including phenoxy) is 1. The summed E-state index contributed by atoms with van der Waals surface area (Å²) in [7, 11) is 0.252. The van der Waals surface area contributed by atoms with Gasteiger partial charge in [-0.15, -0.1) is 6.42 Å². The highest BCUT2D eigenvalue weighted by molar-refractivity contribution is 7.96. The molecule has 43 heavy (non-hydrogen) atoms. The number of carbonyl (C=O) groups is 1. The van der Waals surface area contributed by atoms with E-state index in [0.717, 1.165) is 83.6 Å². The maximum atomic E-state index is 12.4. The Morgan fingerprint density at radius 2 is 1.79 bits per heavy atom. The van der Waals surface area contributed by atoms with E-state index in [0.29, 0.717) is 17.8 Å². The first-order valence-electron chi connectivity index (χ1n) is 15.7. The van der Waals surface area contributed by atoms with Gasteiger partial charge >= 0.3 is 6.09 Å². The number of amides is 1. The molecule has 1 unspecified atom stereocenters. The van der Waals surface area contributed by atoms with Crippen LogP contribution in [0.4, 0.5) is 10.5 Å². The number of alkyl carbamates (subject to hydrolysis) is 1. The molecule has 0 aromatic heterocycles. The summed E-state index contributed by atoms with van der Waals surface area (Å²) in [5.74, 6) is 1.44. The predicted molar refractivity (Wildman–Crippen MR) is 168 cm³/mol. The number of carbonyl (C=O) groups excluding carboxylic acids is 1. The number of rotatable bonds is 7. The lowest BCUT2D eigenvalue weighted by Gasteiger charge is -2.54. The molecule has 0 bridgehead atoms. The molecule has 1 saturated carbocycles. The highest BCUT2D eigenvalue weighted by atomic mass is 32.2. The monoisotopic (exact) mass is 604 g/mol. The second-order valence-corrected chi connectivity index (χ2v) is 14.8. The molecule has 2 saturated heterocycles. The third-order valence-corrected chi connectivity index (χ3v) is 11.7. The summed E-state index contributed by atoms with van der Waals surface area (Å²) >= 11 is 0. The van der Waals surface area contributed by atoms with Crippen molar-refractivity contribution in [3.05, 3.63) is 59.7 Å². The topological polar surface area (TPSA) is 82.2 Å². The zero-order valence-electron chi connectivity index (χ0n) is 25.4. The van der Waals surface area contributed by atoms with Gasteiger partial charge in [0.25, 0.3) is 0 Å². The molecule has 3 atom stereocenters. The minimum Gasteiger partial charge on any atom is -0.446 e. The summed E-state index contributed by atoms with van der Waals surface area (Å²) < 4.78 is 29.9. The highest BCUT2D eigenvalue weighted by Crippen LogP contribution is 2.54. The summed E-state index contributed by atoms with van der Waals surface area (Å²) in [6, 6.07) is 15.9. The third kappa shape index (κ3) is 5.77. The van der Waals surface area contributed by atoms with Crippen LogP contribution in [0.5, 0.6) is 0 Å². The van der Waals surface area contributed by atoms with Crippen molar-refractivity contribution >= 4 is 21.6 Å². The number of anilines is 1. The van der Waals surface area contributed by atoms with Crippen LogP contribution in [0.3, 0.4) is 0 Å². The lowest BCUT2D eigenvalue weighted by atomic mass is 9.56. The molecule has 230 valence electrons. The van der Waals surface area contributed by atoms with E-state index in [4.69, 9.17) is 11.2 Å². The molecular formula is C34H44N4O4S. The Labute approximate surface area is 256 Å². The maximum Gasteiger partial charge on any atom is 0.407 e. The van der Waals surface area contributed by atoms with Crippen molar-refractivity contribution in [3.8, 4) is 11.7 Å². The fraction of sp³-hybridized carbons (Fsp3) is 0.559. The molecule has 0 radical (unpaired) electrons. The number of likely N-dealkylation sites (tertiary alicyclic amines) is 1. The third-order valence-electron chi connectivity index (χ3n) is 10.5. The predicted octanol–water partition coefficient (Wildman–Crippen LogP) is 4.11. The van der Waals surface area contributed by atoms with E-state index in [1.807, 2.05) is 17.4 Å². The van der Waals surface area contributed by atoms with Gasteiger partial charge in [0.1, 0.15) is 6.10 Å². The molecule has 3 aliphatic heterocycles. The summed E-state index contributed by atoms with van der Waals surface area (Å²) in [4.78, 5) is 20.0. The van der Waals surface area contributed by atoms with Crippen molar-refractivity contribution in [3.63, 3.8) is 0 Å². The quantitative estimate of drug-likeness (QED) is 0.376. The largest absolute Gasteiger partial charge is 0.446 e. The number of fused-ring (bicyclic) bond motifs is 1. The Kier molecular flexibility index (Phi) is 8.47. The lowest BCUT2D eigenvalue weighted by molar-refractivity contribution is -0.0106. The Hall–Kier alpha value is -3.06. The fourth-order valence-corrected chi connectivity index (χ4v) is 9.24. The average Bonchev–Trinajstić information content (AvgIpc) is 3.47. The minimum atomic E-state index is -3.64. The van der Waals surface area contributed by atoms with E-state index in [1.54, 1.807) is 19.2 Å². The van der Waals surface area contributed by atoms with Crippen LogP contribution >= 0.6 is 0 Å². The van der Waals surface area contributed by atoms with Crippen LogP contribution in [-0.2, 0) is 26.5 Å². The Balaban J connectivity index is 1.13. The van der Waals surface area contributed by atoms with Crippen LogP contribution in [0.25, 0.3) is 0 Å². The number of likely N-dealkylation sites (N-methyl/N-ethyl adjacent to an activating group) is 1. The number of benzene rings is 2. The fourth-order valence-electron chi connectivity index (χ4n) is 8.61. The summed E-state index contributed by atoms with van der Waals surface area (Å²) in [6.07, 6.45) is 10.2. The number of sulfone groups is 1. The highest BCUT2D eigenvalue weighted by Gasteiger charge is 2.55. The van der Waals surface area contributed by atoms with Gasteiger partial charge in [0.15, 0.2) is 0 Å². The molecule has 2 aromatic rings. The van der Waals surface area contributed by atoms with E-state index in [-0.39, 0.29) is 22.5 Å². The molecule has 3 heterocycles. The number of piperidine rings is 1. The number of nitrogens with zero attached hydrogens (tertiary/aromatic N) is 3. The van der Waals surface area contributed by atoms with Gasteiger partial charge in [0.05, 0.1) is 4.90 Å². The summed E-state index contributed by atoms with van der Waals surface area (Å²) in [5.41, 5.74) is 3.92. The molecular weight excluding hydrogens is 560 g/mol. The second kappa shape index (κ2) is 12.1.